The Morgan fingerprint density at radius 2 is 1.79 bits per heavy atom. The molecule has 3 nitrogen and oxygen atoms in total. The van der Waals surface area contributed by atoms with Crippen LogP contribution in [0.1, 0.15) is 93.9 Å². The van der Waals surface area contributed by atoms with Crippen molar-refractivity contribution >= 4 is 11.6 Å². The molecular formula is C23H34ClFN2O. The summed E-state index contributed by atoms with van der Waals surface area (Å²) in [5.74, 6) is 3.41. The van der Waals surface area contributed by atoms with Crippen molar-refractivity contribution in [3.8, 4) is 0 Å². The maximum absolute atomic E-state index is 13.5. The van der Waals surface area contributed by atoms with E-state index in [1.54, 1.807) is 0 Å². The lowest BCUT2D eigenvalue weighted by atomic mass is 9.67. The first-order valence-electron chi connectivity index (χ1n) is 11.6. The number of hydrogen-bond acceptors (Lipinski definition) is 3. The first kappa shape index (κ1) is 19.4. The van der Waals surface area contributed by atoms with Crippen LogP contribution >= 0.6 is 11.6 Å². The van der Waals surface area contributed by atoms with Gasteiger partial charge in [-0.3, -0.25) is 4.90 Å². The normalized spacial score (nSPS) is 44.7. The van der Waals surface area contributed by atoms with Gasteiger partial charge in [0, 0.05) is 35.4 Å². The zero-order chi connectivity index (χ0) is 19.3. The van der Waals surface area contributed by atoms with E-state index in [-0.39, 0.29) is 0 Å². The zero-order valence-corrected chi connectivity index (χ0v) is 17.8. The van der Waals surface area contributed by atoms with Crippen molar-refractivity contribution in [2.75, 3.05) is 7.05 Å². The molecule has 5 rings (SSSR count). The van der Waals surface area contributed by atoms with Crippen molar-refractivity contribution in [1.82, 2.24) is 10.1 Å². The van der Waals surface area contributed by atoms with Crippen LogP contribution in [-0.4, -0.2) is 40.7 Å². The maximum Gasteiger partial charge on any atom is 0.141 e. The van der Waals surface area contributed by atoms with Gasteiger partial charge in [0.05, 0.1) is 5.69 Å². The molecule has 156 valence electrons. The molecule has 4 aliphatic rings. The van der Waals surface area contributed by atoms with Gasteiger partial charge in [-0.05, 0) is 89.5 Å². The van der Waals surface area contributed by atoms with Gasteiger partial charge in [-0.2, -0.15) is 0 Å². The lowest BCUT2D eigenvalue weighted by Crippen LogP contribution is -2.47. The highest BCUT2D eigenvalue weighted by Gasteiger charge is 2.50. The smallest absolute Gasteiger partial charge is 0.141 e. The fraction of sp³-hybridized carbons (Fsp3) is 0.870. The lowest BCUT2D eigenvalue weighted by molar-refractivity contribution is 0.0519. The van der Waals surface area contributed by atoms with E-state index >= 15 is 0 Å². The Morgan fingerprint density at radius 1 is 1.04 bits per heavy atom. The van der Waals surface area contributed by atoms with Crippen LogP contribution in [0.5, 0.6) is 0 Å². The van der Waals surface area contributed by atoms with Crippen LogP contribution in [0.15, 0.2) is 10.6 Å². The van der Waals surface area contributed by atoms with Crippen molar-refractivity contribution in [1.29, 1.82) is 0 Å². The maximum atomic E-state index is 13.5. The number of hydrogen-bond donors (Lipinski definition) is 0. The lowest BCUT2D eigenvalue weighted by Gasteiger charge is -2.46. The molecule has 4 fully saturated rings. The summed E-state index contributed by atoms with van der Waals surface area (Å²) < 4.78 is 19.6. The number of halogens is 2. The molecular weight excluding hydrogens is 375 g/mol. The molecule has 2 bridgehead atoms. The van der Waals surface area contributed by atoms with E-state index in [2.05, 4.69) is 23.2 Å². The van der Waals surface area contributed by atoms with Crippen molar-refractivity contribution in [2.24, 2.45) is 11.8 Å². The molecule has 5 heteroatoms. The molecule has 0 amide bonds. The van der Waals surface area contributed by atoms with E-state index in [0.717, 1.165) is 49.1 Å². The molecule has 2 aliphatic heterocycles. The number of fused-ring (bicyclic) bond motifs is 2. The molecule has 28 heavy (non-hydrogen) atoms. The summed E-state index contributed by atoms with van der Waals surface area (Å²) in [6.07, 6.45) is 11.3. The van der Waals surface area contributed by atoms with E-state index in [1.807, 2.05) is 0 Å². The van der Waals surface area contributed by atoms with Gasteiger partial charge in [0.1, 0.15) is 11.9 Å². The summed E-state index contributed by atoms with van der Waals surface area (Å²) in [7, 11) is 2.31. The molecule has 0 spiro atoms. The van der Waals surface area contributed by atoms with E-state index in [0.29, 0.717) is 42.0 Å². The van der Waals surface area contributed by atoms with Crippen molar-refractivity contribution in [2.45, 2.75) is 106 Å². The Labute approximate surface area is 173 Å². The fourth-order valence-corrected chi connectivity index (χ4v) is 7.15. The van der Waals surface area contributed by atoms with Gasteiger partial charge in [-0.25, -0.2) is 4.39 Å². The van der Waals surface area contributed by atoms with Crippen LogP contribution in [0.3, 0.4) is 0 Å². The third-order valence-electron chi connectivity index (χ3n) is 8.57. The molecule has 3 heterocycles. The number of alkyl halides is 2. The molecule has 0 N–H and O–H groups in total. The first-order chi connectivity index (χ1) is 13.6. The summed E-state index contributed by atoms with van der Waals surface area (Å²) in [6.45, 7) is 0. The summed E-state index contributed by atoms with van der Waals surface area (Å²) in [5, 5.41) is 4.88. The van der Waals surface area contributed by atoms with Gasteiger partial charge in [-0.1, -0.05) is 5.16 Å². The van der Waals surface area contributed by atoms with E-state index in [1.165, 1.54) is 32.1 Å². The van der Waals surface area contributed by atoms with Crippen LogP contribution in [0.4, 0.5) is 4.39 Å². The summed E-state index contributed by atoms with van der Waals surface area (Å²) in [5.41, 5.74) is 1.08. The van der Waals surface area contributed by atoms with Crippen LogP contribution in [-0.2, 0) is 0 Å². The predicted molar refractivity (Wildman–Crippen MR) is 110 cm³/mol. The summed E-state index contributed by atoms with van der Waals surface area (Å²) >= 11 is 6.40. The number of rotatable bonds is 3. The Balaban J connectivity index is 1.39. The van der Waals surface area contributed by atoms with Crippen LogP contribution in [0.2, 0.25) is 0 Å². The third-order valence-corrected chi connectivity index (χ3v) is 9.01. The minimum absolute atomic E-state index is 0.375. The second-order valence-corrected chi connectivity index (χ2v) is 10.6. The summed E-state index contributed by atoms with van der Waals surface area (Å²) in [4.78, 5) is 2.62. The standard InChI is InChI=1S/C23H34ClFN2O/c1-27-18-10-11-21(27)23(19(12-18)14-2-6-16(24)7-3-14)22-13-20(26-28-22)15-4-8-17(25)9-5-15/h13-19,21,23H,2-12H2,1H3/t14?,15?,16?,17?,18-,19-,21?,23+/m1/s1. The average molecular weight is 409 g/mol. The topological polar surface area (TPSA) is 29.3 Å². The number of nitrogens with zero attached hydrogens (tertiary/aromatic N) is 2. The van der Waals surface area contributed by atoms with Crippen molar-refractivity contribution in [3.05, 3.63) is 17.5 Å². The van der Waals surface area contributed by atoms with Crippen LogP contribution < -0.4 is 0 Å². The molecule has 0 radical (unpaired) electrons. The van der Waals surface area contributed by atoms with Crippen molar-refractivity contribution < 1.29 is 8.91 Å². The Hall–Kier alpha value is -0.610. The second-order valence-electron chi connectivity index (χ2n) is 10.0. The van der Waals surface area contributed by atoms with Gasteiger partial charge in [0.25, 0.3) is 0 Å². The monoisotopic (exact) mass is 408 g/mol. The summed E-state index contributed by atoms with van der Waals surface area (Å²) in [6, 6.07) is 3.57. The molecule has 1 aromatic heterocycles. The predicted octanol–water partition coefficient (Wildman–Crippen LogP) is 6.03. The number of aromatic nitrogens is 1. The quantitative estimate of drug-likeness (QED) is 0.571. The molecule has 4 atom stereocenters. The van der Waals surface area contributed by atoms with E-state index < -0.39 is 6.17 Å². The van der Waals surface area contributed by atoms with E-state index in [4.69, 9.17) is 16.1 Å². The second kappa shape index (κ2) is 7.91. The van der Waals surface area contributed by atoms with Gasteiger partial charge in [0.15, 0.2) is 0 Å². The highest BCUT2D eigenvalue weighted by Crippen LogP contribution is 2.52. The third kappa shape index (κ3) is 3.53. The average Bonchev–Trinajstić information content (AvgIpc) is 3.26. The van der Waals surface area contributed by atoms with Gasteiger partial charge < -0.3 is 4.52 Å². The minimum atomic E-state index is -0.619. The zero-order valence-electron chi connectivity index (χ0n) is 17.0. The SMILES string of the molecule is CN1C2CC[C@@H]1C[C@H](C1CCC(Cl)CC1)[C@@H]2c1cc(C2CCC(F)CC2)no1. The highest BCUT2D eigenvalue weighted by atomic mass is 35.5. The Kier molecular flexibility index (Phi) is 5.47. The van der Waals surface area contributed by atoms with E-state index in [9.17, 15) is 4.39 Å². The fourth-order valence-electron chi connectivity index (χ4n) is 6.90. The molecule has 1 unspecified atom stereocenters. The Morgan fingerprint density at radius 3 is 2.54 bits per heavy atom. The molecule has 2 saturated carbocycles. The molecule has 0 aromatic carbocycles. The molecule has 2 saturated heterocycles. The van der Waals surface area contributed by atoms with Gasteiger partial charge >= 0.3 is 0 Å². The highest BCUT2D eigenvalue weighted by molar-refractivity contribution is 6.20. The van der Waals surface area contributed by atoms with Crippen molar-refractivity contribution in [3.63, 3.8) is 0 Å². The molecule has 1 aromatic rings. The number of piperidine rings is 1. The van der Waals surface area contributed by atoms with Crippen LogP contribution in [0, 0.1) is 11.8 Å². The van der Waals surface area contributed by atoms with Crippen LogP contribution in [0.25, 0.3) is 0 Å². The number of likely N-dealkylation sites (N-methyl/N-ethyl adjacent to an activating group) is 1. The minimum Gasteiger partial charge on any atom is -0.361 e. The first-order valence-corrected chi connectivity index (χ1v) is 12.0. The Bertz CT molecular complexity index is 665. The largest absolute Gasteiger partial charge is 0.361 e. The van der Waals surface area contributed by atoms with Gasteiger partial charge in [-0.15, -0.1) is 11.6 Å². The molecule has 2 aliphatic carbocycles. The van der Waals surface area contributed by atoms with Gasteiger partial charge in [0.2, 0.25) is 0 Å².